The second-order valence-corrected chi connectivity index (χ2v) is 11.3. The van der Waals surface area contributed by atoms with Crippen LogP contribution in [0.2, 0.25) is 0 Å². The van der Waals surface area contributed by atoms with Crippen LogP contribution < -0.4 is 0 Å². The van der Waals surface area contributed by atoms with Crippen LogP contribution in [0.4, 0.5) is 0 Å². The number of carbonyl (C=O) groups is 2. The summed E-state index contributed by atoms with van der Waals surface area (Å²) in [4.78, 5) is 24.1. The van der Waals surface area contributed by atoms with Crippen molar-refractivity contribution >= 4 is 11.9 Å². The Morgan fingerprint density at radius 2 is 1.45 bits per heavy atom. The van der Waals surface area contributed by atoms with Crippen molar-refractivity contribution in [3.63, 3.8) is 0 Å². The minimum atomic E-state index is -0.810. The highest BCUT2D eigenvalue weighted by Gasteiger charge is 2.16. The molecule has 0 aliphatic rings. The van der Waals surface area contributed by atoms with E-state index < -0.39 is 12.2 Å². The predicted octanol–water partition coefficient (Wildman–Crippen LogP) is 8.72. The first-order valence-electron chi connectivity index (χ1n) is 16.7. The van der Waals surface area contributed by atoms with E-state index in [-0.39, 0.29) is 31.6 Å². The third-order valence-corrected chi connectivity index (χ3v) is 7.25. The number of unbranched alkanes of at least 4 members (excludes halogenated alkanes) is 9. The number of allylic oxidation sites excluding steroid dienone is 6. The molecule has 3 atom stereocenters. The van der Waals surface area contributed by atoms with Gasteiger partial charge in [0.05, 0.1) is 12.7 Å². The first-order valence-corrected chi connectivity index (χ1v) is 16.7. The highest BCUT2D eigenvalue weighted by atomic mass is 16.6. The van der Waals surface area contributed by atoms with Gasteiger partial charge in [-0.25, -0.2) is 0 Å². The summed E-state index contributed by atoms with van der Waals surface area (Å²) >= 11 is 0. The van der Waals surface area contributed by atoms with E-state index in [1.807, 2.05) is 36.5 Å². The lowest BCUT2D eigenvalue weighted by Crippen LogP contribution is -2.28. The van der Waals surface area contributed by atoms with Gasteiger partial charge in [-0.3, -0.25) is 9.59 Å². The molecule has 6 nitrogen and oxygen atoms in total. The van der Waals surface area contributed by atoms with E-state index in [0.717, 1.165) is 44.4 Å². The molecule has 0 aromatic carbocycles. The zero-order chi connectivity index (χ0) is 31.1. The maximum Gasteiger partial charge on any atom is 0.306 e. The summed E-state index contributed by atoms with van der Waals surface area (Å²) in [6.07, 6.45) is 32.0. The van der Waals surface area contributed by atoms with E-state index >= 15 is 0 Å². The van der Waals surface area contributed by atoms with Crippen LogP contribution >= 0.6 is 0 Å². The third kappa shape index (κ3) is 28.0. The predicted molar refractivity (Wildman–Crippen MR) is 174 cm³/mol. The quantitative estimate of drug-likeness (QED) is 0.0410. The molecule has 242 valence electrons. The van der Waals surface area contributed by atoms with Crippen molar-refractivity contribution in [2.75, 3.05) is 13.2 Å². The van der Waals surface area contributed by atoms with Gasteiger partial charge in [-0.05, 0) is 50.9 Å². The molecule has 0 saturated carbocycles. The molecule has 0 spiro atoms. The van der Waals surface area contributed by atoms with Crippen LogP contribution in [0.5, 0.6) is 0 Å². The Morgan fingerprint density at radius 1 is 0.762 bits per heavy atom. The Bertz CT molecular complexity index is 754. The molecule has 0 rings (SSSR count). The van der Waals surface area contributed by atoms with E-state index in [1.54, 1.807) is 6.08 Å². The molecule has 0 amide bonds. The summed E-state index contributed by atoms with van der Waals surface area (Å²) in [6.45, 7) is 6.25. The van der Waals surface area contributed by atoms with Crippen molar-refractivity contribution in [3.8, 4) is 0 Å². The Morgan fingerprint density at radius 3 is 2.19 bits per heavy atom. The van der Waals surface area contributed by atoms with Crippen LogP contribution in [-0.4, -0.2) is 47.6 Å². The molecule has 0 radical (unpaired) electrons. The summed E-state index contributed by atoms with van der Waals surface area (Å²) < 4.78 is 10.5. The van der Waals surface area contributed by atoms with Gasteiger partial charge in [-0.1, -0.05) is 127 Å². The van der Waals surface area contributed by atoms with Crippen molar-refractivity contribution in [2.24, 2.45) is 5.92 Å². The monoisotopic (exact) mass is 590 g/mol. The van der Waals surface area contributed by atoms with E-state index in [0.29, 0.717) is 19.3 Å². The number of hydrogen-bond acceptors (Lipinski definition) is 6. The maximum absolute atomic E-state index is 12.1. The lowest BCUT2D eigenvalue weighted by molar-refractivity contribution is -0.161. The molecule has 0 aliphatic carbocycles. The van der Waals surface area contributed by atoms with Crippen molar-refractivity contribution in [2.45, 2.75) is 149 Å². The molecule has 2 N–H and O–H groups in total. The first-order chi connectivity index (χ1) is 20.4. The SMILES string of the molecule is CCCCC/C=C\C=C/[C@@H](O)C/C=C\C/C=C/CCCC(=O)OC[C@H](CO)OC(=O)CCCCCCCCC(C)CC. The largest absolute Gasteiger partial charge is 0.462 e. The normalized spacial score (nSPS) is 14.3. The lowest BCUT2D eigenvalue weighted by atomic mass is 10.00. The topological polar surface area (TPSA) is 93.1 Å². The number of hydrogen-bond donors (Lipinski definition) is 2. The van der Waals surface area contributed by atoms with Crippen LogP contribution in [-0.2, 0) is 19.1 Å². The molecule has 0 aromatic heterocycles. The minimum Gasteiger partial charge on any atom is -0.462 e. The molecule has 1 unspecified atom stereocenters. The van der Waals surface area contributed by atoms with Crippen molar-refractivity contribution in [3.05, 3.63) is 48.6 Å². The van der Waals surface area contributed by atoms with Crippen molar-refractivity contribution in [1.29, 1.82) is 0 Å². The van der Waals surface area contributed by atoms with Gasteiger partial charge in [-0.15, -0.1) is 0 Å². The summed E-state index contributed by atoms with van der Waals surface area (Å²) in [5.41, 5.74) is 0. The molecule has 0 bridgehead atoms. The van der Waals surface area contributed by atoms with Gasteiger partial charge in [-0.2, -0.15) is 0 Å². The van der Waals surface area contributed by atoms with Crippen LogP contribution in [0.3, 0.4) is 0 Å². The van der Waals surface area contributed by atoms with Crippen LogP contribution in [0.15, 0.2) is 48.6 Å². The second-order valence-electron chi connectivity index (χ2n) is 11.3. The number of esters is 2. The van der Waals surface area contributed by atoms with Crippen molar-refractivity contribution in [1.82, 2.24) is 0 Å². The zero-order valence-corrected chi connectivity index (χ0v) is 27.0. The smallest absolute Gasteiger partial charge is 0.306 e. The fourth-order valence-electron chi connectivity index (χ4n) is 4.25. The van der Waals surface area contributed by atoms with Gasteiger partial charge >= 0.3 is 11.9 Å². The highest BCUT2D eigenvalue weighted by Crippen LogP contribution is 2.15. The first kappa shape index (κ1) is 39.8. The molecule has 42 heavy (non-hydrogen) atoms. The van der Waals surface area contributed by atoms with Gasteiger partial charge in [0.25, 0.3) is 0 Å². The average molecular weight is 591 g/mol. The molecule has 0 aliphatic heterocycles. The Hall–Kier alpha value is -2.18. The number of ether oxygens (including phenoxy) is 2. The number of aliphatic hydroxyl groups is 2. The highest BCUT2D eigenvalue weighted by molar-refractivity contribution is 5.70. The molecular weight excluding hydrogens is 528 g/mol. The minimum absolute atomic E-state index is 0.117. The van der Waals surface area contributed by atoms with E-state index in [9.17, 15) is 19.8 Å². The molecule has 0 aromatic rings. The van der Waals surface area contributed by atoms with Gasteiger partial charge in [0.1, 0.15) is 6.61 Å². The number of rotatable bonds is 28. The fraction of sp³-hybridized carbons (Fsp3) is 0.722. The van der Waals surface area contributed by atoms with E-state index in [2.05, 4.69) is 26.8 Å². The summed E-state index contributed by atoms with van der Waals surface area (Å²) in [5.74, 6) is 0.105. The van der Waals surface area contributed by atoms with Crippen LogP contribution in [0, 0.1) is 5.92 Å². The van der Waals surface area contributed by atoms with Gasteiger partial charge in [0.15, 0.2) is 6.10 Å². The summed E-state index contributed by atoms with van der Waals surface area (Å²) in [5, 5.41) is 19.5. The molecule has 0 saturated heterocycles. The molecular formula is C36H62O6. The lowest BCUT2D eigenvalue weighted by Gasteiger charge is -2.15. The van der Waals surface area contributed by atoms with Gasteiger partial charge < -0.3 is 19.7 Å². The number of carbonyl (C=O) groups excluding carboxylic acids is 2. The molecule has 0 heterocycles. The average Bonchev–Trinajstić information content (AvgIpc) is 2.98. The van der Waals surface area contributed by atoms with Gasteiger partial charge in [0.2, 0.25) is 0 Å². The maximum atomic E-state index is 12.1. The zero-order valence-electron chi connectivity index (χ0n) is 27.0. The van der Waals surface area contributed by atoms with Crippen molar-refractivity contribution < 1.29 is 29.3 Å². The standard InChI is InChI=1S/C36H62O6/c1-4-6-7-8-10-16-21-26-33(38)27-22-17-11-9-12-18-23-28-35(39)41-31-34(30-37)42-36(40)29-24-19-14-13-15-20-25-32(3)5-2/h9-10,12,16-17,21-22,26,32-34,37-38H,4-8,11,13-15,18-20,23-25,27-31H2,1-3H3/b12-9+,16-10-,22-17-,26-21-/t32?,33-,34+/m1/s1. The molecule has 0 fully saturated rings. The molecule has 6 heteroatoms. The second kappa shape index (κ2) is 30.3. The van der Waals surface area contributed by atoms with E-state index in [1.165, 1.54) is 51.4 Å². The van der Waals surface area contributed by atoms with E-state index in [4.69, 9.17) is 9.47 Å². The summed E-state index contributed by atoms with van der Waals surface area (Å²) in [6, 6.07) is 0. The Labute approximate surface area is 257 Å². The van der Waals surface area contributed by atoms with Gasteiger partial charge in [0, 0.05) is 12.8 Å². The third-order valence-electron chi connectivity index (χ3n) is 7.25. The van der Waals surface area contributed by atoms with Crippen LogP contribution in [0.25, 0.3) is 0 Å². The Kier molecular flexibility index (Phi) is 28.7. The Balaban J connectivity index is 3.82. The van der Waals surface area contributed by atoms with Crippen LogP contribution in [0.1, 0.15) is 136 Å². The fourth-order valence-corrected chi connectivity index (χ4v) is 4.25. The number of aliphatic hydroxyl groups excluding tert-OH is 2. The summed E-state index contributed by atoms with van der Waals surface area (Å²) in [7, 11) is 0.